The van der Waals surface area contributed by atoms with Crippen LogP contribution in [0.5, 0.6) is 5.75 Å². The van der Waals surface area contributed by atoms with Gasteiger partial charge in [-0.3, -0.25) is 4.79 Å². The van der Waals surface area contributed by atoms with Gasteiger partial charge < -0.3 is 10.1 Å². The number of methoxy groups -OCH3 is 1. The molecule has 1 aliphatic rings. The van der Waals surface area contributed by atoms with Crippen LogP contribution in [0.25, 0.3) is 0 Å². The molecule has 2 aromatic rings. The predicted octanol–water partition coefficient (Wildman–Crippen LogP) is 2.29. The van der Waals surface area contributed by atoms with Crippen molar-refractivity contribution >= 4 is 43.2 Å². The van der Waals surface area contributed by atoms with Crippen molar-refractivity contribution in [3.63, 3.8) is 0 Å². The Bertz CT molecular complexity index is 1230. The topological polar surface area (TPSA) is 122 Å². The predicted molar refractivity (Wildman–Crippen MR) is 117 cm³/mol. The Hall–Kier alpha value is -2.18. The first kappa shape index (κ1) is 23.5. The number of nitrogens with one attached hydrogen (secondary N) is 2. The molecule has 0 aromatic heterocycles. The van der Waals surface area contributed by atoms with Gasteiger partial charge in [-0.25, -0.2) is 25.9 Å². The van der Waals surface area contributed by atoms with E-state index in [0.717, 1.165) is 23.2 Å². The molecule has 9 nitrogen and oxygen atoms in total. The molecule has 168 valence electrons. The molecule has 1 saturated carbocycles. The van der Waals surface area contributed by atoms with E-state index in [1.807, 2.05) is 0 Å². The summed E-state index contributed by atoms with van der Waals surface area (Å²) in [5.74, 6) is -0.490. The Kier molecular flexibility index (Phi) is 6.63. The summed E-state index contributed by atoms with van der Waals surface area (Å²) in [6, 6.07) is 7.76. The van der Waals surface area contributed by atoms with E-state index >= 15 is 0 Å². The molecule has 0 unspecified atom stereocenters. The Morgan fingerprint density at radius 3 is 2.29 bits per heavy atom. The maximum absolute atomic E-state index is 12.9. The minimum atomic E-state index is -3.78. The van der Waals surface area contributed by atoms with E-state index in [0.29, 0.717) is 0 Å². The molecule has 1 fully saturated rings. The molecular formula is C19H22ClN3O6S2. The normalized spacial score (nSPS) is 14.5. The number of nitrogens with zero attached hydrogens (tertiary/aromatic N) is 1. The number of hydrogen-bond acceptors (Lipinski definition) is 6. The molecule has 0 radical (unpaired) electrons. The summed E-state index contributed by atoms with van der Waals surface area (Å²) in [5, 5.41) is 2.59. The van der Waals surface area contributed by atoms with Crippen LogP contribution >= 0.6 is 11.6 Å². The van der Waals surface area contributed by atoms with Crippen LogP contribution in [-0.2, 0) is 20.0 Å². The molecule has 1 amide bonds. The van der Waals surface area contributed by atoms with Crippen molar-refractivity contribution in [1.82, 2.24) is 9.03 Å². The van der Waals surface area contributed by atoms with Crippen molar-refractivity contribution in [2.75, 3.05) is 26.5 Å². The molecule has 0 spiro atoms. The summed E-state index contributed by atoms with van der Waals surface area (Å²) in [4.78, 5) is 12.7. The number of benzene rings is 2. The quantitative estimate of drug-likeness (QED) is 0.589. The second-order valence-electron chi connectivity index (χ2n) is 7.14. The first-order valence-electron chi connectivity index (χ1n) is 9.19. The van der Waals surface area contributed by atoms with Gasteiger partial charge in [0.25, 0.3) is 5.91 Å². The lowest BCUT2D eigenvalue weighted by Crippen LogP contribution is -2.26. The number of sulfonamides is 2. The highest BCUT2D eigenvalue weighted by molar-refractivity contribution is 7.89. The molecule has 3 rings (SSSR count). The maximum atomic E-state index is 12.9. The van der Waals surface area contributed by atoms with Gasteiger partial charge in [0, 0.05) is 20.1 Å². The zero-order valence-electron chi connectivity index (χ0n) is 17.0. The first-order chi connectivity index (χ1) is 14.5. The minimum absolute atomic E-state index is 0.0355. The fourth-order valence-electron chi connectivity index (χ4n) is 2.68. The van der Waals surface area contributed by atoms with Crippen molar-refractivity contribution in [3.05, 3.63) is 47.0 Å². The Morgan fingerprint density at radius 1 is 1.06 bits per heavy atom. The van der Waals surface area contributed by atoms with E-state index in [2.05, 4.69) is 10.0 Å². The lowest BCUT2D eigenvalue weighted by Gasteiger charge is -2.15. The molecular weight excluding hydrogens is 466 g/mol. The standard InChI is InChI=1S/C19H22ClN3O6S2/c1-23(2)31(27,28)14-6-8-16(20)15(10-14)19(24)21-17-11-13(7-9-18(17)29-3)30(25,26)22-12-4-5-12/h6-12,22H,4-5H2,1-3H3,(H,21,24). The van der Waals surface area contributed by atoms with Gasteiger partial charge in [0.2, 0.25) is 20.0 Å². The van der Waals surface area contributed by atoms with Crippen LogP contribution in [0.4, 0.5) is 5.69 Å². The summed E-state index contributed by atoms with van der Waals surface area (Å²) in [6.07, 6.45) is 1.56. The van der Waals surface area contributed by atoms with Crippen molar-refractivity contribution in [2.45, 2.75) is 28.7 Å². The average Bonchev–Trinajstić information content (AvgIpc) is 3.51. The number of ether oxygens (including phenoxy) is 1. The number of carbonyl (C=O) groups excluding carboxylic acids is 1. The number of amides is 1. The molecule has 12 heteroatoms. The Balaban J connectivity index is 1.95. The average molecular weight is 488 g/mol. The lowest BCUT2D eigenvalue weighted by atomic mass is 10.2. The molecule has 2 aromatic carbocycles. The van der Waals surface area contributed by atoms with Gasteiger partial charge in [0.15, 0.2) is 0 Å². The fourth-order valence-corrected chi connectivity index (χ4v) is 5.14. The maximum Gasteiger partial charge on any atom is 0.257 e. The number of anilines is 1. The summed E-state index contributed by atoms with van der Waals surface area (Å²) >= 11 is 6.12. The zero-order valence-corrected chi connectivity index (χ0v) is 19.4. The van der Waals surface area contributed by atoms with Crippen LogP contribution in [0.3, 0.4) is 0 Å². The Morgan fingerprint density at radius 2 is 1.71 bits per heavy atom. The minimum Gasteiger partial charge on any atom is -0.495 e. The number of rotatable bonds is 8. The summed E-state index contributed by atoms with van der Waals surface area (Å²) < 4.78 is 58.6. The molecule has 0 bridgehead atoms. The zero-order chi connectivity index (χ0) is 23.0. The van der Waals surface area contributed by atoms with Crippen LogP contribution in [0.2, 0.25) is 5.02 Å². The second-order valence-corrected chi connectivity index (χ2v) is 11.4. The SMILES string of the molecule is COc1ccc(S(=O)(=O)NC2CC2)cc1NC(=O)c1cc(S(=O)(=O)N(C)C)ccc1Cl. The van der Waals surface area contributed by atoms with Gasteiger partial charge in [-0.1, -0.05) is 11.6 Å². The van der Waals surface area contributed by atoms with Crippen molar-refractivity contribution in [2.24, 2.45) is 0 Å². The number of hydrogen-bond donors (Lipinski definition) is 2. The molecule has 1 aliphatic carbocycles. The van der Waals surface area contributed by atoms with Crippen molar-refractivity contribution in [1.29, 1.82) is 0 Å². The van der Waals surface area contributed by atoms with Crippen LogP contribution in [-0.4, -0.2) is 54.3 Å². The van der Waals surface area contributed by atoms with Gasteiger partial charge in [0.05, 0.1) is 33.2 Å². The van der Waals surface area contributed by atoms with Gasteiger partial charge in [0.1, 0.15) is 5.75 Å². The third-order valence-electron chi connectivity index (χ3n) is 4.59. The van der Waals surface area contributed by atoms with Crippen molar-refractivity contribution in [3.8, 4) is 5.75 Å². The second kappa shape index (κ2) is 8.75. The van der Waals surface area contributed by atoms with E-state index < -0.39 is 26.0 Å². The van der Waals surface area contributed by atoms with Crippen molar-refractivity contribution < 1.29 is 26.4 Å². The van der Waals surface area contributed by atoms with E-state index in [9.17, 15) is 21.6 Å². The lowest BCUT2D eigenvalue weighted by molar-refractivity contribution is 0.102. The molecule has 2 N–H and O–H groups in total. The summed E-state index contributed by atoms with van der Waals surface area (Å²) in [6.45, 7) is 0. The van der Waals surface area contributed by atoms with Crippen LogP contribution in [0, 0.1) is 0 Å². The highest BCUT2D eigenvalue weighted by Gasteiger charge is 2.29. The van der Waals surface area contributed by atoms with Crippen LogP contribution in [0.15, 0.2) is 46.2 Å². The number of halogens is 1. The highest BCUT2D eigenvalue weighted by Crippen LogP contribution is 2.30. The number of carbonyl (C=O) groups is 1. The van der Waals surface area contributed by atoms with Gasteiger partial charge in [-0.2, -0.15) is 0 Å². The van der Waals surface area contributed by atoms with Gasteiger partial charge in [-0.05, 0) is 49.2 Å². The molecule has 31 heavy (non-hydrogen) atoms. The van der Waals surface area contributed by atoms with Crippen LogP contribution < -0.4 is 14.8 Å². The van der Waals surface area contributed by atoms with Crippen LogP contribution in [0.1, 0.15) is 23.2 Å². The van der Waals surface area contributed by atoms with E-state index in [1.54, 1.807) is 0 Å². The Labute approximate surface area is 186 Å². The summed E-state index contributed by atoms with van der Waals surface area (Å²) in [7, 11) is -3.42. The third kappa shape index (κ3) is 5.18. The van der Waals surface area contributed by atoms with Gasteiger partial charge in [-0.15, -0.1) is 0 Å². The molecule has 0 aliphatic heterocycles. The van der Waals surface area contributed by atoms with E-state index in [4.69, 9.17) is 16.3 Å². The third-order valence-corrected chi connectivity index (χ3v) is 8.25. The molecule has 0 atom stereocenters. The summed E-state index contributed by atoms with van der Waals surface area (Å²) in [5.41, 5.74) is 0.0131. The first-order valence-corrected chi connectivity index (χ1v) is 12.5. The smallest absolute Gasteiger partial charge is 0.257 e. The largest absolute Gasteiger partial charge is 0.495 e. The van der Waals surface area contributed by atoms with Gasteiger partial charge >= 0.3 is 0 Å². The molecule has 0 heterocycles. The molecule has 0 saturated heterocycles. The van der Waals surface area contributed by atoms with E-state index in [-0.39, 0.29) is 37.9 Å². The van der Waals surface area contributed by atoms with E-state index in [1.165, 1.54) is 51.5 Å². The fraction of sp³-hybridized carbons (Fsp3) is 0.316. The monoisotopic (exact) mass is 487 g/mol. The highest BCUT2D eigenvalue weighted by atomic mass is 35.5.